The number of alkyl halides is 1. The molecule has 0 unspecified atom stereocenters. The van der Waals surface area contributed by atoms with E-state index in [1.165, 1.54) is 0 Å². The first-order valence-electron chi connectivity index (χ1n) is 2.29. The summed E-state index contributed by atoms with van der Waals surface area (Å²) in [4.78, 5) is 10.3. The van der Waals surface area contributed by atoms with Gasteiger partial charge in [-0.15, -0.1) is 0 Å². The van der Waals surface area contributed by atoms with E-state index in [1.54, 1.807) is 0 Å². The Hall–Kier alpha value is -0.510. The minimum Gasteiger partial charge on any atom is -0.502 e. The summed E-state index contributed by atoms with van der Waals surface area (Å²) >= 11 is 3.04. The molecule has 0 aromatic rings. The number of aliphatic hydroxyl groups is 1. The molecule has 0 radical (unpaired) electrons. The van der Waals surface area contributed by atoms with Gasteiger partial charge >= 0.3 is 5.97 Å². The van der Waals surface area contributed by atoms with Gasteiger partial charge in [0, 0.05) is 5.33 Å². The lowest BCUT2D eigenvalue weighted by Gasteiger charge is -1.97. The highest BCUT2D eigenvalue weighted by atomic mass is 79.9. The number of aliphatic hydroxyl groups excluding tert-OH is 1. The summed E-state index contributed by atoms with van der Waals surface area (Å²) in [5.74, 6) is -1.33. The standard InChI is InChI=1S/C5H7BrO3/c1-4(7)5(8)9-3-2-6/h7H,1-3H2. The molecule has 0 fully saturated rings. The van der Waals surface area contributed by atoms with E-state index in [0.717, 1.165) is 0 Å². The lowest BCUT2D eigenvalue weighted by Crippen LogP contribution is -2.07. The lowest BCUT2D eigenvalue weighted by atomic mass is 10.6. The Kier molecular flexibility index (Phi) is 4.13. The van der Waals surface area contributed by atoms with E-state index in [2.05, 4.69) is 27.2 Å². The van der Waals surface area contributed by atoms with Crippen molar-refractivity contribution in [1.29, 1.82) is 0 Å². The van der Waals surface area contributed by atoms with Crippen molar-refractivity contribution in [2.24, 2.45) is 0 Å². The molecule has 0 aromatic carbocycles. The van der Waals surface area contributed by atoms with Crippen LogP contribution >= 0.6 is 15.9 Å². The summed E-state index contributed by atoms with van der Waals surface area (Å²) in [6.07, 6.45) is 0. The van der Waals surface area contributed by atoms with Gasteiger partial charge in [-0.2, -0.15) is 0 Å². The van der Waals surface area contributed by atoms with Crippen molar-refractivity contribution in [2.75, 3.05) is 11.9 Å². The van der Waals surface area contributed by atoms with E-state index in [-0.39, 0.29) is 6.61 Å². The average molecular weight is 195 g/mol. The molecule has 0 heterocycles. The van der Waals surface area contributed by atoms with Crippen LogP contribution in [0.2, 0.25) is 0 Å². The molecular formula is C5H7BrO3. The van der Waals surface area contributed by atoms with Gasteiger partial charge in [-0.1, -0.05) is 15.9 Å². The first-order chi connectivity index (χ1) is 4.18. The van der Waals surface area contributed by atoms with Gasteiger partial charge in [-0.25, -0.2) is 4.79 Å². The summed E-state index contributed by atoms with van der Waals surface area (Å²) in [6.45, 7) is 3.22. The minimum absolute atomic E-state index is 0.248. The number of hydrogen-bond donors (Lipinski definition) is 1. The summed E-state index contributed by atoms with van der Waals surface area (Å²) < 4.78 is 4.42. The Morgan fingerprint density at radius 3 is 2.67 bits per heavy atom. The highest BCUT2D eigenvalue weighted by molar-refractivity contribution is 9.09. The summed E-state index contributed by atoms with van der Waals surface area (Å²) in [7, 11) is 0. The zero-order valence-electron chi connectivity index (χ0n) is 4.76. The topological polar surface area (TPSA) is 46.5 Å². The van der Waals surface area contributed by atoms with E-state index in [4.69, 9.17) is 5.11 Å². The Morgan fingerprint density at radius 1 is 1.78 bits per heavy atom. The second-order valence-electron chi connectivity index (χ2n) is 1.27. The van der Waals surface area contributed by atoms with Crippen molar-refractivity contribution < 1.29 is 14.6 Å². The molecule has 1 N–H and O–H groups in total. The maximum atomic E-state index is 10.3. The predicted octanol–water partition coefficient (Wildman–Crippen LogP) is 0.996. The molecular weight excluding hydrogens is 188 g/mol. The summed E-state index contributed by atoms with van der Waals surface area (Å²) in [5.41, 5.74) is 0. The Labute approximate surface area is 61.4 Å². The van der Waals surface area contributed by atoms with Crippen LogP contribution < -0.4 is 0 Å². The Bertz CT molecular complexity index is 121. The van der Waals surface area contributed by atoms with Crippen LogP contribution in [0.3, 0.4) is 0 Å². The van der Waals surface area contributed by atoms with Gasteiger partial charge in [0.25, 0.3) is 0 Å². The first-order valence-corrected chi connectivity index (χ1v) is 3.41. The van der Waals surface area contributed by atoms with Crippen molar-refractivity contribution in [2.45, 2.75) is 0 Å². The molecule has 0 aliphatic rings. The number of rotatable bonds is 3. The van der Waals surface area contributed by atoms with Gasteiger partial charge in [0.2, 0.25) is 0 Å². The van der Waals surface area contributed by atoms with Crippen molar-refractivity contribution in [3.05, 3.63) is 12.3 Å². The molecule has 52 valence electrons. The van der Waals surface area contributed by atoms with Gasteiger partial charge in [0.15, 0.2) is 5.76 Å². The number of halogens is 1. The number of esters is 1. The third-order valence-corrected chi connectivity index (χ3v) is 0.870. The summed E-state index contributed by atoms with van der Waals surface area (Å²) in [5, 5.41) is 8.92. The number of carbonyl (C=O) groups is 1. The van der Waals surface area contributed by atoms with Gasteiger partial charge in [-0.3, -0.25) is 0 Å². The highest BCUT2D eigenvalue weighted by Gasteiger charge is 2.03. The third kappa shape index (κ3) is 4.02. The summed E-state index contributed by atoms with van der Waals surface area (Å²) in [6, 6.07) is 0. The van der Waals surface area contributed by atoms with Crippen LogP contribution in [0.1, 0.15) is 0 Å². The fourth-order valence-electron chi connectivity index (χ4n) is 0.215. The van der Waals surface area contributed by atoms with Crippen LogP contribution in [0.15, 0.2) is 12.3 Å². The fraction of sp³-hybridized carbons (Fsp3) is 0.400. The maximum Gasteiger partial charge on any atom is 0.372 e. The van der Waals surface area contributed by atoms with E-state index in [0.29, 0.717) is 5.33 Å². The van der Waals surface area contributed by atoms with E-state index < -0.39 is 11.7 Å². The molecule has 3 nitrogen and oxygen atoms in total. The van der Waals surface area contributed by atoms with Crippen LogP contribution in [0, 0.1) is 0 Å². The molecule has 0 aromatic heterocycles. The molecule has 0 aliphatic carbocycles. The van der Waals surface area contributed by atoms with Gasteiger partial charge in [-0.05, 0) is 6.58 Å². The van der Waals surface area contributed by atoms with E-state index in [9.17, 15) is 4.79 Å². The van der Waals surface area contributed by atoms with Crippen LogP contribution in [0.4, 0.5) is 0 Å². The minimum atomic E-state index is -0.769. The normalized spacial score (nSPS) is 8.56. The number of hydrogen-bond acceptors (Lipinski definition) is 3. The van der Waals surface area contributed by atoms with Crippen LogP contribution in [-0.4, -0.2) is 23.0 Å². The monoisotopic (exact) mass is 194 g/mol. The van der Waals surface area contributed by atoms with Crippen molar-refractivity contribution in [3.63, 3.8) is 0 Å². The molecule has 0 aliphatic heterocycles. The number of carbonyl (C=O) groups excluding carboxylic acids is 1. The molecule has 0 saturated heterocycles. The largest absolute Gasteiger partial charge is 0.502 e. The van der Waals surface area contributed by atoms with E-state index >= 15 is 0 Å². The predicted molar refractivity (Wildman–Crippen MR) is 36.5 cm³/mol. The maximum absolute atomic E-state index is 10.3. The zero-order chi connectivity index (χ0) is 7.28. The second kappa shape index (κ2) is 4.38. The van der Waals surface area contributed by atoms with Crippen molar-refractivity contribution in [3.8, 4) is 0 Å². The highest BCUT2D eigenvalue weighted by Crippen LogP contribution is 1.89. The molecule has 0 bridgehead atoms. The second-order valence-corrected chi connectivity index (χ2v) is 2.06. The SMILES string of the molecule is C=C(O)C(=O)OCCBr. The zero-order valence-corrected chi connectivity index (χ0v) is 6.35. The third-order valence-electron chi connectivity index (χ3n) is 0.546. The molecule has 0 saturated carbocycles. The van der Waals surface area contributed by atoms with Crippen LogP contribution in [0.25, 0.3) is 0 Å². The molecule has 0 rings (SSSR count). The molecule has 9 heavy (non-hydrogen) atoms. The number of ether oxygens (including phenoxy) is 1. The van der Waals surface area contributed by atoms with Gasteiger partial charge in [0.1, 0.15) is 6.61 Å². The van der Waals surface area contributed by atoms with Crippen LogP contribution in [0.5, 0.6) is 0 Å². The van der Waals surface area contributed by atoms with Crippen LogP contribution in [-0.2, 0) is 9.53 Å². The molecule has 4 heteroatoms. The van der Waals surface area contributed by atoms with Crippen molar-refractivity contribution in [1.82, 2.24) is 0 Å². The quantitative estimate of drug-likeness (QED) is 0.316. The Balaban J connectivity index is 3.39. The Morgan fingerprint density at radius 2 is 2.33 bits per heavy atom. The first kappa shape index (κ1) is 8.49. The molecule has 0 amide bonds. The molecule has 0 spiro atoms. The lowest BCUT2D eigenvalue weighted by molar-refractivity contribution is -0.141. The van der Waals surface area contributed by atoms with E-state index in [1.807, 2.05) is 0 Å². The fourth-order valence-corrected chi connectivity index (χ4v) is 0.376. The van der Waals surface area contributed by atoms with Gasteiger partial charge in [0.05, 0.1) is 0 Å². The van der Waals surface area contributed by atoms with Gasteiger partial charge < -0.3 is 9.84 Å². The average Bonchev–Trinajstić information content (AvgIpc) is 1.82. The molecule has 0 atom stereocenters. The smallest absolute Gasteiger partial charge is 0.372 e. The van der Waals surface area contributed by atoms with Crippen molar-refractivity contribution >= 4 is 21.9 Å².